The molecule has 4 rings (SSSR count). The van der Waals surface area contributed by atoms with Gasteiger partial charge in [-0.25, -0.2) is 10.2 Å². The molecule has 0 radical (unpaired) electrons. The fourth-order valence-electron chi connectivity index (χ4n) is 2.83. The summed E-state index contributed by atoms with van der Waals surface area (Å²) in [6.07, 6.45) is 1.49. The summed E-state index contributed by atoms with van der Waals surface area (Å²) in [5.74, 6) is 0.00740. The Morgan fingerprint density at radius 1 is 1.06 bits per heavy atom. The molecule has 31 heavy (non-hydrogen) atoms. The van der Waals surface area contributed by atoms with Gasteiger partial charge in [-0.1, -0.05) is 41.6 Å². The van der Waals surface area contributed by atoms with Crippen molar-refractivity contribution in [3.63, 3.8) is 0 Å². The lowest BCUT2D eigenvalue weighted by atomic mass is 10.1. The van der Waals surface area contributed by atoms with Crippen molar-refractivity contribution in [2.45, 2.75) is 6.92 Å². The number of aromatic nitrogens is 1. The van der Waals surface area contributed by atoms with E-state index in [-0.39, 0.29) is 0 Å². The minimum absolute atomic E-state index is 0.333. The van der Waals surface area contributed by atoms with Crippen LogP contribution in [-0.2, 0) is 0 Å². The molecular weight excluding hydrogens is 414 g/mol. The molecule has 1 amide bonds. The lowest BCUT2D eigenvalue weighted by molar-refractivity contribution is 0.0739. The lowest BCUT2D eigenvalue weighted by Gasteiger charge is -2.03. The largest absolute Gasteiger partial charge is 0.422 e. The Balaban J connectivity index is 1.40. The summed E-state index contributed by atoms with van der Waals surface area (Å²) in [7, 11) is 0. The number of esters is 1. The number of nitrogens with one attached hydrogen (secondary N) is 1. The van der Waals surface area contributed by atoms with Crippen molar-refractivity contribution in [3.8, 4) is 17.0 Å². The molecule has 0 saturated carbocycles. The van der Waals surface area contributed by atoms with Crippen LogP contribution in [0.25, 0.3) is 11.3 Å². The number of benzene rings is 2. The number of hydrogen-bond acceptors (Lipinski definition) is 7. The van der Waals surface area contributed by atoms with Gasteiger partial charge in [0.2, 0.25) is 0 Å². The van der Waals surface area contributed by atoms with Gasteiger partial charge in [-0.3, -0.25) is 4.79 Å². The van der Waals surface area contributed by atoms with E-state index >= 15 is 0 Å². The van der Waals surface area contributed by atoms with Crippen molar-refractivity contribution in [2.24, 2.45) is 5.10 Å². The number of nitrogens with zero attached hydrogens (tertiary/aromatic N) is 2. The van der Waals surface area contributed by atoms with Crippen LogP contribution in [0.5, 0.6) is 5.75 Å². The minimum Gasteiger partial charge on any atom is -0.422 e. The Morgan fingerprint density at radius 2 is 1.84 bits per heavy atom. The van der Waals surface area contributed by atoms with Crippen LogP contribution in [0.4, 0.5) is 0 Å². The van der Waals surface area contributed by atoms with Crippen LogP contribution in [-0.4, -0.2) is 23.2 Å². The van der Waals surface area contributed by atoms with Crippen molar-refractivity contribution in [1.29, 1.82) is 0 Å². The molecule has 0 spiro atoms. The number of rotatable bonds is 6. The molecule has 0 aliphatic rings. The molecule has 154 valence electrons. The van der Waals surface area contributed by atoms with Gasteiger partial charge >= 0.3 is 5.97 Å². The summed E-state index contributed by atoms with van der Waals surface area (Å²) in [4.78, 5) is 25.1. The van der Waals surface area contributed by atoms with E-state index in [0.29, 0.717) is 27.6 Å². The molecule has 1 N–H and O–H groups in total. The third kappa shape index (κ3) is 4.76. The van der Waals surface area contributed by atoms with Crippen LogP contribution in [0.2, 0.25) is 0 Å². The van der Waals surface area contributed by atoms with Gasteiger partial charge in [-0.05, 0) is 48.2 Å². The highest BCUT2D eigenvalue weighted by atomic mass is 32.1. The fraction of sp³-hybridized carbons (Fsp3) is 0.0435. The zero-order valence-electron chi connectivity index (χ0n) is 16.4. The molecule has 0 atom stereocenters. The van der Waals surface area contributed by atoms with Gasteiger partial charge in [-0.2, -0.15) is 5.10 Å². The van der Waals surface area contributed by atoms with Gasteiger partial charge in [0, 0.05) is 5.56 Å². The van der Waals surface area contributed by atoms with Crippen molar-refractivity contribution >= 4 is 29.4 Å². The second kappa shape index (κ2) is 9.19. The molecule has 0 aliphatic heterocycles. The Kier molecular flexibility index (Phi) is 6.00. The van der Waals surface area contributed by atoms with E-state index in [1.54, 1.807) is 43.3 Å². The number of hydrogen-bond donors (Lipinski definition) is 1. The number of aryl methyl sites for hydroxylation is 1. The molecule has 0 saturated heterocycles. The summed E-state index contributed by atoms with van der Waals surface area (Å²) in [5.41, 5.74) is 4.79. The maximum absolute atomic E-state index is 12.6. The third-order valence-corrected chi connectivity index (χ3v) is 5.18. The first kappa shape index (κ1) is 20.2. The Hall–Kier alpha value is -4.04. The molecule has 2 aromatic carbocycles. The number of thiophene rings is 1. The predicted octanol–water partition coefficient (Wildman–Crippen LogP) is 4.69. The van der Waals surface area contributed by atoms with Crippen LogP contribution >= 0.6 is 11.3 Å². The van der Waals surface area contributed by atoms with Gasteiger partial charge in [0.25, 0.3) is 5.91 Å². The van der Waals surface area contributed by atoms with Crippen LogP contribution in [0, 0.1) is 6.92 Å². The Labute approximate surface area is 182 Å². The third-order valence-electron chi connectivity index (χ3n) is 4.33. The topological polar surface area (TPSA) is 93.8 Å². The van der Waals surface area contributed by atoms with Crippen LogP contribution < -0.4 is 10.2 Å². The van der Waals surface area contributed by atoms with E-state index < -0.39 is 11.9 Å². The van der Waals surface area contributed by atoms with Crippen LogP contribution in [0.3, 0.4) is 0 Å². The standard InChI is InChI=1S/C23H17N3O4S/c1-15-20(21(26-30-15)17-6-3-2-4-7-17)22(27)25-24-14-16-9-11-18(12-10-16)29-23(28)19-8-5-13-31-19/h2-14H,1H3,(H,25,27). The first-order valence-corrected chi connectivity index (χ1v) is 10.2. The van der Waals surface area contributed by atoms with Crippen molar-refractivity contribution in [1.82, 2.24) is 10.6 Å². The van der Waals surface area contributed by atoms with Crippen molar-refractivity contribution in [2.75, 3.05) is 0 Å². The zero-order valence-corrected chi connectivity index (χ0v) is 17.3. The lowest BCUT2D eigenvalue weighted by Crippen LogP contribution is -2.18. The maximum atomic E-state index is 12.6. The molecule has 4 aromatic rings. The predicted molar refractivity (Wildman–Crippen MR) is 117 cm³/mol. The Bertz CT molecular complexity index is 1210. The van der Waals surface area contributed by atoms with E-state index in [4.69, 9.17) is 9.26 Å². The average molecular weight is 431 g/mol. The van der Waals surface area contributed by atoms with Gasteiger partial charge in [-0.15, -0.1) is 11.3 Å². The second-order valence-corrected chi connectivity index (χ2v) is 7.41. The van der Waals surface area contributed by atoms with Crippen LogP contribution in [0.1, 0.15) is 31.4 Å². The highest BCUT2D eigenvalue weighted by Gasteiger charge is 2.21. The van der Waals surface area contributed by atoms with E-state index in [0.717, 1.165) is 11.1 Å². The molecule has 8 heteroatoms. The highest BCUT2D eigenvalue weighted by molar-refractivity contribution is 7.12. The normalized spacial score (nSPS) is 10.9. The van der Waals surface area contributed by atoms with Gasteiger partial charge in [0.1, 0.15) is 27.6 Å². The van der Waals surface area contributed by atoms with Gasteiger partial charge in [0.15, 0.2) is 0 Å². The summed E-state index contributed by atoms with van der Waals surface area (Å²) < 4.78 is 10.5. The van der Waals surface area contributed by atoms with Crippen molar-refractivity contribution in [3.05, 3.63) is 93.9 Å². The Morgan fingerprint density at radius 3 is 2.55 bits per heavy atom. The molecular formula is C23H17N3O4S. The van der Waals surface area contributed by atoms with E-state index in [2.05, 4.69) is 15.7 Å². The molecule has 0 fully saturated rings. The molecule has 0 aliphatic carbocycles. The number of hydrazone groups is 1. The van der Waals surface area contributed by atoms with Crippen molar-refractivity contribution < 1.29 is 18.8 Å². The quantitative estimate of drug-likeness (QED) is 0.207. The summed E-state index contributed by atoms with van der Waals surface area (Å²) >= 11 is 1.32. The molecule has 0 bridgehead atoms. The molecule has 2 heterocycles. The SMILES string of the molecule is Cc1onc(-c2ccccc2)c1C(=O)NN=Cc1ccc(OC(=O)c2cccs2)cc1. The fourth-order valence-corrected chi connectivity index (χ4v) is 3.43. The summed E-state index contributed by atoms with van der Waals surface area (Å²) in [5, 5.41) is 9.82. The minimum atomic E-state index is -0.421. The monoisotopic (exact) mass is 431 g/mol. The number of carbonyl (C=O) groups is 2. The number of amides is 1. The smallest absolute Gasteiger partial charge is 0.353 e. The molecule has 0 unspecified atom stereocenters. The molecule has 7 nitrogen and oxygen atoms in total. The average Bonchev–Trinajstić information content (AvgIpc) is 3.46. The highest BCUT2D eigenvalue weighted by Crippen LogP contribution is 2.24. The van der Waals surface area contributed by atoms with Gasteiger partial charge in [0.05, 0.1) is 6.21 Å². The van der Waals surface area contributed by atoms with E-state index in [1.165, 1.54) is 17.6 Å². The van der Waals surface area contributed by atoms with Crippen LogP contribution in [0.15, 0.2) is 81.7 Å². The van der Waals surface area contributed by atoms with E-state index in [9.17, 15) is 9.59 Å². The second-order valence-electron chi connectivity index (χ2n) is 6.46. The summed E-state index contributed by atoms with van der Waals surface area (Å²) in [6.45, 7) is 1.67. The van der Waals surface area contributed by atoms with Gasteiger partial charge < -0.3 is 9.26 Å². The number of carbonyl (C=O) groups excluding carboxylic acids is 2. The van der Waals surface area contributed by atoms with E-state index in [1.807, 2.05) is 35.7 Å². The maximum Gasteiger partial charge on any atom is 0.353 e. The molecule has 2 aromatic heterocycles. The number of ether oxygens (including phenoxy) is 1. The summed E-state index contributed by atoms with van der Waals surface area (Å²) in [6, 6.07) is 19.6. The first-order valence-electron chi connectivity index (χ1n) is 9.32. The zero-order chi connectivity index (χ0) is 21.6. The first-order chi connectivity index (χ1) is 15.1.